The molecule has 0 fully saturated rings. The van der Waals surface area contributed by atoms with E-state index < -0.39 is 10.9 Å². The van der Waals surface area contributed by atoms with E-state index in [0.29, 0.717) is 0 Å². The maximum Gasteiger partial charge on any atom is 0.335 e. The van der Waals surface area contributed by atoms with Gasteiger partial charge in [0.1, 0.15) is 0 Å². The topological polar surface area (TPSA) is 98.3 Å². The van der Waals surface area contributed by atoms with Crippen LogP contribution in [-0.4, -0.2) is 25.8 Å². The second kappa shape index (κ2) is 5.72. The van der Waals surface area contributed by atoms with E-state index in [4.69, 9.17) is 5.11 Å². The lowest BCUT2D eigenvalue weighted by Crippen LogP contribution is -1.98. The fourth-order valence-corrected chi connectivity index (χ4v) is 2.15. The summed E-state index contributed by atoms with van der Waals surface area (Å²) in [5.41, 5.74) is 2.58. The predicted octanol–water partition coefficient (Wildman–Crippen LogP) is 3.15. The first-order valence-corrected chi connectivity index (χ1v) is 6.68. The van der Waals surface area contributed by atoms with Crippen LogP contribution in [0, 0.1) is 10.1 Å². The molecular weight excluding hydrogens is 298 g/mol. The smallest absolute Gasteiger partial charge is 0.335 e. The molecule has 0 atom stereocenters. The highest BCUT2D eigenvalue weighted by atomic mass is 16.6. The fourth-order valence-electron chi connectivity index (χ4n) is 2.15. The molecule has 0 saturated heterocycles. The maximum absolute atomic E-state index is 10.8. The maximum atomic E-state index is 10.8. The van der Waals surface area contributed by atoms with E-state index in [2.05, 4.69) is 5.10 Å². The van der Waals surface area contributed by atoms with E-state index in [1.165, 1.54) is 24.3 Å². The monoisotopic (exact) mass is 309 g/mol. The molecule has 3 aromatic rings. The third kappa shape index (κ3) is 2.93. The van der Waals surface area contributed by atoms with Crippen molar-refractivity contribution in [2.75, 3.05) is 0 Å². The Morgan fingerprint density at radius 2 is 1.70 bits per heavy atom. The first-order valence-electron chi connectivity index (χ1n) is 6.68. The summed E-state index contributed by atoms with van der Waals surface area (Å²) in [5.74, 6) is -0.983. The predicted molar refractivity (Wildman–Crippen MR) is 82.6 cm³/mol. The van der Waals surface area contributed by atoms with Crippen LogP contribution in [-0.2, 0) is 0 Å². The molecule has 0 aliphatic heterocycles. The van der Waals surface area contributed by atoms with Gasteiger partial charge in [-0.15, -0.1) is 0 Å². The molecule has 1 heterocycles. The zero-order valence-electron chi connectivity index (χ0n) is 11.8. The Morgan fingerprint density at radius 3 is 2.26 bits per heavy atom. The molecule has 7 heteroatoms. The van der Waals surface area contributed by atoms with Crippen molar-refractivity contribution in [1.82, 2.24) is 9.78 Å². The molecule has 0 amide bonds. The van der Waals surface area contributed by atoms with Gasteiger partial charge in [-0.1, -0.05) is 0 Å². The van der Waals surface area contributed by atoms with Crippen molar-refractivity contribution in [2.45, 2.75) is 0 Å². The van der Waals surface area contributed by atoms with Crippen molar-refractivity contribution >= 4 is 11.7 Å². The average Bonchev–Trinajstić information content (AvgIpc) is 3.05. The summed E-state index contributed by atoms with van der Waals surface area (Å²) in [4.78, 5) is 21.1. The van der Waals surface area contributed by atoms with E-state index in [0.717, 1.165) is 16.8 Å². The molecule has 1 aromatic heterocycles. The zero-order chi connectivity index (χ0) is 16.4. The molecular formula is C16H11N3O4. The van der Waals surface area contributed by atoms with Gasteiger partial charge in [0.2, 0.25) is 0 Å². The van der Waals surface area contributed by atoms with Crippen LogP contribution < -0.4 is 0 Å². The summed E-state index contributed by atoms with van der Waals surface area (Å²) in [6.07, 6.45) is 3.42. The summed E-state index contributed by atoms with van der Waals surface area (Å²) in [5, 5.41) is 23.8. The standard InChI is InChI=1S/C16H11N3O4/c20-16(21)12-3-5-14(6-4-12)18-10-13(9-17-18)11-1-7-15(8-2-11)19(22)23/h1-10H,(H,20,21). The number of hydrogen-bond acceptors (Lipinski definition) is 4. The van der Waals surface area contributed by atoms with Crippen LogP contribution in [0.5, 0.6) is 0 Å². The molecule has 0 bridgehead atoms. The summed E-state index contributed by atoms with van der Waals surface area (Å²) >= 11 is 0. The number of benzene rings is 2. The number of non-ortho nitro benzene ring substituents is 1. The molecule has 0 unspecified atom stereocenters. The van der Waals surface area contributed by atoms with E-state index in [1.54, 1.807) is 41.3 Å². The summed E-state index contributed by atoms with van der Waals surface area (Å²) in [6.45, 7) is 0. The molecule has 3 rings (SSSR count). The molecule has 114 valence electrons. The first kappa shape index (κ1) is 14.5. The van der Waals surface area contributed by atoms with Crippen LogP contribution in [0.1, 0.15) is 10.4 Å². The van der Waals surface area contributed by atoms with Crippen molar-refractivity contribution < 1.29 is 14.8 Å². The third-order valence-electron chi connectivity index (χ3n) is 3.37. The number of hydrogen-bond donors (Lipinski definition) is 1. The number of nitro benzene ring substituents is 1. The van der Waals surface area contributed by atoms with Crippen LogP contribution in [0.4, 0.5) is 5.69 Å². The lowest BCUT2D eigenvalue weighted by atomic mass is 10.1. The number of rotatable bonds is 4. The second-order valence-corrected chi connectivity index (χ2v) is 4.83. The van der Waals surface area contributed by atoms with Crippen LogP contribution >= 0.6 is 0 Å². The van der Waals surface area contributed by atoms with Gasteiger partial charge in [0.15, 0.2) is 0 Å². The van der Waals surface area contributed by atoms with Crippen molar-refractivity contribution in [3.8, 4) is 16.8 Å². The lowest BCUT2D eigenvalue weighted by molar-refractivity contribution is -0.384. The Morgan fingerprint density at radius 1 is 1.04 bits per heavy atom. The number of aromatic carboxylic acids is 1. The molecule has 0 aliphatic carbocycles. The van der Waals surface area contributed by atoms with Gasteiger partial charge < -0.3 is 5.11 Å². The molecule has 23 heavy (non-hydrogen) atoms. The van der Waals surface area contributed by atoms with Gasteiger partial charge in [-0.25, -0.2) is 9.48 Å². The minimum atomic E-state index is -0.983. The molecule has 0 aliphatic rings. The van der Waals surface area contributed by atoms with Gasteiger partial charge in [0, 0.05) is 23.9 Å². The van der Waals surface area contributed by atoms with Gasteiger partial charge in [-0.05, 0) is 42.0 Å². The SMILES string of the molecule is O=C(O)c1ccc(-n2cc(-c3ccc([N+](=O)[O-])cc3)cn2)cc1. The Kier molecular flexibility index (Phi) is 3.60. The first-order chi connectivity index (χ1) is 11.0. The normalized spacial score (nSPS) is 10.4. The summed E-state index contributed by atoms with van der Waals surface area (Å²) in [6, 6.07) is 12.5. The average molecular weight is 309 g/mol. The zero-order valence-corrected chi connectivity index (χ0v) is 11.8. The molecule has 2 aromatic carbocycles. The number of carboxylic acid groups (broad SMARTS) is 1. The molecule has 7 nitrogen and oxygen atoms in total. The molecule has 0 radical (unpaired) electrons. The van der Waals surface area contributed by atoms with Gasteiger partial charge >= 0.3 is 5.97 Å². The number of carboxylic acids is 1. The Bertz CT molecular complexity index is 795. The Balaban J connectivity index is 1.87. The second-order valence-electron chi connectivity index (χ2n) is 4.83. The third-order valence-corrected chi connectivity index (χ3v) is 3.37. The highest BCUT2D eigenvalue weighted by Gasteiger charge is 2.08. The van der Waals surface area contributed by atoms with E-state index >= 15 is 0 Å². The summed E-state index contributed by atoms with van der Waals surface area (Å²) in [7, 11) is 0. The summed E-state index contributed by atoms with van der Waals surface area (Å²) < 4.78 is 1.61. The minimum absolute atomic E-state index is 0.0328. The van der Waals surface area contributed by atoms with Crippen LogP contribution in [0.25, 0.3) is 16.8 Å². The van der Waals surface area contributed by atoms with Crippen molar-refractivity contribution in [3.05, 3.63) is 76.6 Å². The largest absolute Gasteiger partial charge is 0.478 e. The van der Waals surface area contributed by atoms with Crippen LogP contribution in [0.2, 0.25) is 0 Å². The molecule has 1 N–H and O–H groups in total. The van der Waals surface area contributed by atoms with Crippen molar-refractivity contribution in [3.63, 3.8) is 0 Å². The van der Waals surface area contributed by atoms with E-state index in [-0.39, 0.29) is 11.3 Å². The number of nitro groups is 1. The quantitative estimate of drug-likeness (QED) is 0.589. The van der Waals surface area contributed by atoms with Crippen molar-refractivity contribution in [2.24, 2.45) is 0 Å². The van der Waals surface area contributed by atoms with Gasteiger partial charge in [0.05, 0.1) is 22.4 Å². The van der Waals surface area contributed by atoms with Crippen molar-refractivity contribution in [1.29, 1.82) is 0 Å². The Hall–Kier alpha value is -3.48. The van der Waals surface area contributed by atoms with Gasteiger partial charge in [0.25, 0.3) is 5.69 Å². The van der Waals surface area contributed by atoms with E-state index in [9.17, 15) is 14.9 Å². The highest BCUT2D eigenvalue weighted by molar-refractivity contribution is 5.87. The highest BCUT2D eigenvalue weighted by Crippen LogP contribution is 2.23. The van der Waals surface area contributed by atoms with Gasteiger partial charge in [-0.2, -0.15) is 5.10 Å². The number of aromatic nitrogens is 2. The number of carbonyl (C=O) groups is 1. The number of nitrogens with zero attached hydrogens (tertiary/aromatic N) is 3. The van der Waals surface area contributed by atoms with Crippen LogP contribution in [0.15, 0.2) is 60.9 Å². The van der Waals surface area contributed by atoms with Crippen LogP contribution in [0.3, 0.4) is 0 Å². The lowest BCUT2D eigenvalue weighted by Gasteiger charge is -2.01. The molecule has 0 spiro atoms. The van der Waals surface area contributed by atoms with Gasteiger partial charge in [-0.3, -0.25) is 10.1 Å². The minimum Gasteiger partial charge on any atom is -0.478 e. The van der Waals surface area contributed by atoms with E-state index in [1.807, 2.05) is 0 Å². The fraction of sp³-hybridized carbons (Fsp3) is 0. The Labute approximate surface area is 130 Å². The molecule has 0 saturated carbocycles.